The van der Waals surface area contributed by atoms with Crippen LogP contribution in [-0.2, 0) is 25.7 Å². The maximum absolute atomic E-state index is 11.9. The zero-order valence-electron chi connectivity index (χ0n) is 13.8. The molecule has 1 aromatic heterocycles. The zero-order valence-corrected chi connectivity index (χ0v) is 13.8. The van der Waals surface area contributed by atoms with Crippen molar-refractivity contribution >= 4 is 17.8 Å². The van der Waals surface area contributed by atoms with Crippen molar-refractivity contribution in [2.75, 3.05) is 7.11 Å². The van der Waals surface area contributed by atoms with Crippen LogP contribution >= 0.6 is 0 Å². The van der Waals surface area contributed by atoms with Crippen molar-refractivity contribution in [1.82, 2.24) is 10.6 Å². The van der Waals surface area contributed by atoms with Crippen LogP contribution in [0.4, 0.5) is 0 Å². The van der Waals surface area contributed by atoms with E-state index >= 15 is 0 Å². The summed E-state index contributed by atoms with van der Waals surface area (Å²) in [7, 11) is 1.28. The highest BCUT2D eigenvalue weighted by Crippen LogP contribution is 2.07. The lowest BCUT2D eigenvalue weighted by Gasteiger charge is -2.18. The molecule has 7 nitrogen and oxygen atoms in total. The first-order chi connectivity index (χ1) is 10.9. The molecule has 0 aliphatic rings. The van der Waals surface area contributed by atoms with Gasteiger partial charge in [0.1, 0.15) is 11.8 Å². The van der Waals surface area contributed by atoms with E-state index in [1.54, 1.807) is 12.1 Å². The molecule has 0 aromatic carbocycles. The molecule has 0 saturated heterocycles. The van der Waals surface area contributed by atoms with Gasteiger partial charge in [0.15, 0.2) is 0 Å². The third-order valence-electron chi connectivity index (χ3n) is 3.15. The van der Waals surface area contributed by atoms with Crippen LogP contribution in [0.15, 0.2) is 22.8 Å². The largest absolute Gasteiger partial charge is 0.467 e. The van der Waals surface area contributed by atoms with Gasteiger partial charge in [0, 0.05) is 12.8 Å². The SMILES string of the molecule is COC(=O)[C@H](CC(C)C)NC(=O)CCC(=O)NCc1ccco1. The Balaban J connectivity index is 2.33. The van der Waals surface area contributed by atoms with Crippen molar-refractivity contribution in [1.29, 1.82) is 0 Å². The number of amides is 2. The van der Waals surface area contributed by atoms with E-state index in [-0.39, 0.29) is 37.1 Å². The minimum absolute atomic E-state index is 0.00950. The van der Waals surface area contributed by atoms with Gasteiger partial charge in [0.25, 0.3) is 0 Å². The van der Waals surface area contributed by atoms with E-state index in [1.165, 1.54) is 13.4 Å². The molecular formula is C16H24N2O5. The number of hydrogen-bond acceptors (Lipinski definition) is 5. The molecule has 0 unspecified atom stereocenters. The monoisotopic (exact) mass is 324 g/mol. The van der Waals surface area contributed by atoms with E-state index in [1.807, 2.05) is 13.8 Å². The molecule has 0 saturated carbocycles. The van der Waals surface area contributed by atoms with E-state index in [4.69, 9.17) is 4.42 Å². The third kappa shape index (κ3) is 7.49. The lowest BCUT2D eigenvalue weighted by atomic mass is 10.0. The number of methoxy groups -OCH3 is 1. The van der Waals surface area contributed by atoms with Gasteiger partial charge in [0.2, 0.25) is 11.8 Å². The maximum atomic E-state index is 11.9. The molecule has 128 valence electrons. The first kappa shape index (κ1) is 18.7. The van der Waals surface area contributed by atoms with Gasteiger partial charge >= 0.3 is 5.97 Å². The highest BCUT2D eigenvalue weighted by molar-refractivity contribution is 5.87. The number of ether oxygens (including phenoxy) is 1. The van der Waals surface area contributed by atoms with Gasteiger partial charge in [-0.3, -0.25) is 9.59 Å². The normalized spacial score (nSPS) is 11.8. The average Bonchev–Trinajstić information content (AvgIpc) is 3.02. The summed E-state index contributed by atoms with van der Waals surface area (Å²) in [6.07, 6.45) is 2.07. The van der Waals surface area contributed by atoms with E-state index in [0.717, 1.165) is 0 Å². The zero-order chi connectivity index (χ0) is 17.2. The number of carbonyl (C=O) groups is 3. The minimum Gasteiger partial charge on any atom is -0.467 e. The summed E-state index contributed by atoms with van der Waals surface area (Å²) in [6.45, 7) is 4.18. The second-order valence-corrected chi connectivity index (χ2v) is 5.63. The molecule has 2 N–H and O–H groups in total. The Hall–Kier alpha value is -2.31. The Kier molecular flexibility index (Phi) is 7.87. The molecule has 1 aromatic rings. The van der Waals surface area contributed by atoms with Crippen LogP contribution < -0.4 is 10.6 Å². The molecule has 0 bridgehead atoms. The number of esters is 1. The lowest BCUT2D eigenvalue weighted by molar-refractivity contribution is -0.145. The van der Waals surface area contributed by atoms with Gasteiger partial charge in [-0.15, -0.1) is 0 Å². The quantitative estimate of drug-likeness (QED) is 0.669. The molecule has 7 heteroatoms. The summed E-state index contributed by atoms with van der Waals surface area (Å²) in [5.74, 6) is -0.208. The van der Waals surface area contributed by atoms with Crippen molar-refractivity contribution in [3.63, 3.8) is 0 Å². The Morgan fingerprint density at radius 2 is 1.91 bits per heavy atom. The van der Waals surface area contributed by atoms with Crippen molar-refractivity contribution in [3.05, 3.63) is 24.2 Å². The lowest BCUT2D eigenvalue weighted by Crippen LogP contribution is -2.42. The summed E-state index contributed by atoms with van der Waals surface area (Å²) in [5, 5.41) is 5.27. The van der Waals surface area contributed by atoms with Crippen LogP contribution in [0.3, 0.4) is 0 Å². The van der Waals surface area contributed by atoms with Crippen LogP contribution in [0, 0.1) is 5.92 Å². The second kappa shape index (κ2) is 9.66. The van der Waals surface area contributed by atoms with Crippen LogP contribution in [0.1, 0.15) is 38.9 Å². The highest BCUT2D eigenvalue weighted by Gasteiger charge is 2.22. The molecular weight excluding hydrogens is 300 g/mol. The molecule has 0 aliphatic heterocycles. The minimum atomic E-state index is -0.682. The topological polar surface area (TPSA) is 97.6 Å². The molecule has 0 spiro atoms. The number of hydrogen-bond donors (Lipinski definition) is 2. The summed E-state index contributed by atoms with van der Waals surface area (Å²) < 4.78 is 9.77. The molecule has 23 heavy (non-hydrogen) atoms. The van der Waals surface area contributed by atoms with Crippen molar-refractivity contribution in [2.45, 2.75) is 45.7 Å². The third-order valence-corrected chi connectivity index (χ3v) is 3.15. The Morgan fingerprint density at radius 1 is 1.22 bits per heavy atom. The van der Waals surface area contributed by atoms with Gasteiger partial charge in [-0.05, 0) is 24.5 Å². The van der Waals surface area contributed by atoms with Gasteiger partial charge < -0.3 is 19.8 Å². The molecule has 1 rings (SSSR count). The number of rotatable bonds is 9. The number of furan rings is 1. The molecule has 1 atom stereocenters. The fourth-order valence-electron chi connectivity index (χ4n) is 2.01. The van der Waals surface area contributed by atoms with Crippen molar-refractivity contribution < 1.29 is 23.5 Å². The molecule has 2 amide bonds. The van der Waals surface area contributed by atoms with Crippen LogP contribution in [-0.4, -0.2) is 30.9 Å². The highest BCUT2D eigenvalue weighted by atomic mass is 16.5. The molecule has 0 radical (unpaired) electrons. The fraction of sp³-hybridized carbons (Fsp3) is 0.562. The van der Waals surface area contributed by atoms with Gasteiger partial charge in [-0.2, -0.15) is 0 Å². The van der Waals surface area contributed by atoms with E-state index in [2.05, 4.69) is 15.4 Å². The van der Waals surface area contributed by atoms with Crippen LogP contribution in [0.2, 0.25) is 0 Å². The summed E-state index contributed by atoms with van der Waals surface area (Å²) in [6, 6.07) is 2.80. The first-order valence-electron chi connectivity index (χ1n) is 7.58. The summed E-state index contributed by atoms with van der Waals surface area (Å²) in [4.78, 5) is 35.2. The Labute approximate surface area is 135 Å². The first-order valence-corrected chi connectivity index (χ1v) is 7.58. The van der Waals surface area contributed by atoms with Gasteiger partial charge in [0.05, 0.1) is 19.9 Å². The fourth-order valence-corrected chi connectivity index (χ4v) is 2.01. The molecule has 1 heterocycles. The van der Waals surface area contributed by atoms with Crippen LogP contribution in [0.5, 0.6) is 0 Å². The molecule has 0 fully saturated rings. The van der Waals surface area contributed by atoms with E-state index in [9.17, 15) is 14.4 Å². The summed E-state index contributed by atoms with van der Waals surface area (Å²) in [5.41, 5.74) is 0. The standard InChI is InChI=1S/C16H24N2O5/c1-11(2)9-13(16(21)22-3)18-15(20)7-6-14(19)17-10-12-5-4-8-23-12/h4-5,8,11,13H,6-7,9-10H2,1-3H3,(H,17,19)(H,18,20)/t13-/m0/s1. The molecule has 0 aliphatic carbocycles. The maximum Gasteiger partial charge on any atom is 0.328 e. The van der Waals surface area contributed by atoms with E-state index < -0.39 is 12.0 Å². The van der Waals surface area contributed by atoms with Gasteiger partial charge in [-0.1, -0.05) is 13.8 Å². The average molecular weight is 324 g/mol. The van der Waals surface area contributed by atoms with Crippen molar-refractivity contribution in [2.24, 2.45) is 5.92 Å². The van der Waals surface area contributed by atoms with Crippen LogP contribution in [0.25, 0.3) is 0 Å². The predicted octanol–water partition coefficient (Wildman–Crippen LogP) is 1.38. The van der Waals surface area contributed by atoms with Gasteiger partial charge in [-0.25, -0.2) is 4.79 Å². The van der Waals surface area contributed by atoms with Crippen molar-refractivity contribution in [3.8, 4) is 0 Å². The Bertz CT molecular complexity index is 511. The number of carbonyl (C=O) groups excluding carboxylic acids is 3. The Morgan fingerprint density at radius 3 is 2.48 bits per heavy atom. The number of nitrogens with one attached hydrogen (secondary N) is 2. The smallest absolute Gasteiger partial charge is 0.328 e. The second-order valence-electron chi connectivity index (χ2n) is 5.63. The van der Waals surface area contributed by atoms with E-state index in [0.29, 0.717) is 12.2 Å². The summed E-state index contributed by atoms with van der Waals surface area (Å²) >= 11 is 0. The predicted molar refractivity (Wildman–Crippen MR) is 83.2 cm³/mol.